The molecule has 5 heteroatoms. The van der Waals surface area contributed by atoms with Crippen molar-refractivity contribution in [2.45, 2.75) is 59.0 Å². The summed E-state index contributed by atoms with van der Waals surface area (Å²) in [4.78, 5) is 11.4. The molecule has 21 heavy (non-hydrogen) atoms. The van der Waals surface area contributed by atoms with Gasteiger partial charge < -0.3 is 9.64 Å². The molecule has 1 fully saturated rings. The van der Waals surface area contributed by atoms with Gasteiger partial charge in [0, 0.05) is 31.2 Å². The van der Waals surface area contributed by atoms with Crippen molar-refractivity contribution in [1.82, 2.24) is 9.97 Å². The normalized spacial score (nSPS) is 19.3. The van der Waals surface area contributed by atoms with Gasteiger partial charge in [-0.15, -0.1) is 0 Å². The van der Waals surface area contributed by atoms with E-state index in [-0.39, 0.29) is 5.92 Å². The fourth-order valence-corrected chi connectivity index (χ4v) is 2.78. The van der Waals surface area contributed by atoms with Crippen LogP contribution in [-0.2, 0) is 4.74 Å². The highest BCUT2D eigenvalue weighted by Crippen LogP contribution is 2.28. The van der Waals surface area contributed by atoms with Gasteiger partial charge in [-0.3, -0.25) is 0 Å². The maximum Gasteiger partial charge on any atom is 0.137 e. The van der Waals surface area contributed by atoms with E-state index in [2.05, 4.69) is 30.7 Å². The van der Waals surface area contributed by atoms with E-state index in [1.807, 2.05) is 6.92 Å². The Morgan fingerprint density at radius 2 is 2.14 bits per heavy atom. The molecular weight excluding hydrogens is 286 g/mol. The van der Waals surface area contributed by atoms with Gasteiger partial charge in [-0.25, -0.2) is 9.97 Å². The fraction of sp³-hybridized carbons (Fsp3) is 0.750. The van der Waals surface area contributed by atoms with Crippen molar-refractivity contribution in [1.29, 1.82) is 0 Å². The maximum atomic E-state index is 6.29. The molecule has 1 aromatic heterocycles. The maximum absolute atomic E-state index is 6.29. The lowest BCUT2D eigenvalue weighted by molar-refractivity contribution is 0.0439. The number of rotatable bonds is 5. The van der Waals surface area contributed by atoms with Crippen molar-refractivity contribution in [2.75, 3.05) is 24.6 Å². The molecule has 1 saturated heterocycles. The van der Waals surface area contributed by atoms with Crippen LogP contribution in [0.3, 0.4) is 0 Å². The number of hydrogen-bond donors (Lipinski definition) is 0. The first-order valence-corrected chi connectivity index (χ1v) is 8.31. The van der Waals surface area contributed by atoms with Crippen LogP contribution in [0.25, 0.3) is 0 Å². The smallest absolute Gasteiger partial charge is 0.137 e. The Labute approximate surface area is 132 Å². The molecule has 0 aliphatic carbocycles. The lowest BCUT2D eigenvalue weighted by atomic mass is 10.1. The van der Waals surface area contributed by atoms with E-state index < -0.39 is 0 Å². The Morgan fingerprint density at radius 3 is 2.81 bits per heavy atom. The van der Waals surface area contributed by atoms with Crippen LogP contribution in [0.15, 0.2) is 0 Å². The van der Waals surface area contributed by atoms with E-state index in [0.29, 0.717) is 11.3 Å². The van der Waals surface area contributed by atoms with Gasteiger partial charge in [-0.1, -0.05) is 32.4 Å². The molecule has 0 spiro atoms. The number of anilines is 1. The Kier molecular flexibility index (Phi) is 5.82. The summed E-state index contributed by atoms with van der Waals surface area (Å²) in [6.45, 7) is 11.1. The molecule has 0 saturated carbocycles. The molecule has 1 atom stereocenters. The van der Waals surface area contributed by atoms with Crippen LogP contribution in [0.5, 0.6) is 0 Å². The predicted octanol–water partition coefficient (Wildman–Crippen LogP) is 3.96. The Bertz CT molecular complexity index is 479. The van der Waals surface area contributed by atoms with Gasteiger partial charge in [0.05, 0.1) is 6.10 Å². The van der Waals surface area contributed by atoms with E-state index in [1.165, 1.54) is 0 Å². The van der Waals surface area contributed by atoms with Crippen molar-refractivity contribution in [3.8, 4) is 0 Å². The summed E-state index contributed by atoms with van der Waals surface area (Å²) in [5.74, 6) is 2.07. The molecule has 4 nitrogen and oxygen atoms in total. The molecule has 0 bridgehead atoms. The van der Waals surface area contributed by atoms with Gasteiger partial charge in [0.2, 0.25) is 0 Å². The molecule has 0 amide bonds. The van der Waals surface area contributed by atoms with Crippen molar-refractivity contribution in [3.63, 3.8) is 0 Å². The van der Waals surface area contributed by atoms with Gasteiger partial charge in [-0.2, -0.15) is 0 Å². The Balaban J connectivity index is 2.20. The van der Waals surface area contributed by atoms with Gasteiger partial charge in [0.25, 0.3) is 0 Å². The summed E-state index contributed by atoms with van der Waals surface area (Å²) < 4.78 is 5.91. The molecule has 1 aromatic rings. The van der Waals surface area contributed by atoms with Crippen molar-refractivity contribution in [3.05, 3.63) is 16.5 Å². The third-order valence-corrected chi connectivity index (χ3v) is 4.20. The molecule has 1 unspecified atom stereocenters. The third kappa shape index (κ3) is 4.07. The highest BCUT2D eigenvalue weighted by Gasteiger charge is 2.24. The van der Waals surface area contributed by atoms with Crippen molar-refractivity contribution < 1.29 is 4.74 Å². The number of ether oxygens (including phenoxy) is 1. The second-order valence-corrected chi connectivity index (χ2v) is 6.41. The Hall–Kier alpha value is -0.870. The predicted molar refractivity (Wildman–Crippen MR) is 87.3 cm³/mol. The minimum atomic E-state index is 0.277. The van der Waals surface area contributed by atoms with Crippen LogP contribution >= 0.6 is 11.6 Å². The van der Waals surface area contributed by atoms with E-state index in [9.17, 15) is 0 Å². The topological polar surface area (TPSA) is 38.2 Å². The third-order valence-electron chi connectivity index (χ3n) is 3.83. The first-order valence-electron chi connectivity index (χ1n) is 7.93. The van der Waals surface area contributed by atoms with E-state index >= 15 is 0 Å². The lowest BCUT2D eigenvalue weighted by Crippen LogP contribution is -2.40. The van der Waals surface area contributed by atoms with Crippen LogP contribution in [0.1, 0.15) is 57.3 Å². The summed E-state index contributed by atoms with van der Waals surface area (Å²) in [6.07, 6.45) is 3.62. The average molecular weight is 312 g/mol. The summed E-state index contributed by atoms with van der Waals surface area (Å²) in [6, 6.07) is 0. The number of halogens is 1. The van der Waals surface area contributed by atoms with Crippen LogP contribution in [0.4, 0.5) is 5.82 Å². The standard InChI is InChI=1S/C16H26ClN3O/c1-5-9-21-13-7-6-8-20(10-13)16-12(4)14(17)18-15(19-16)11(2)3/h11,13H,5-10H2,1-4H3. The molecular formula is C16H26ClN3O. The molecule has 2 rings (SSSR count). The van der Waals surface area contributed by atoms with Crippen LogP contribution < -0.4 is 4.90 Å². The minimum Gasteiger partial charge on any atom is -0.376 e. The highest BCUT2D eigenvalue weighted by molar-refractivity contribution is 6.30. The van der Waals surface area contributed by atoms with Gasteiger partial charge in [0.15, 0.2) is 0 Å². The fourth-order valence-electron chi connectivity index (χ4n) is 2.61. The van der Waals surface area contributed by atoms with E-state index in [4.69, 9.17) is 21.3 Å². The van der Waals surface area contributed by atoms with Gasteiger partial charge in [0.1, 0.15) is 16.8 Å². The summed E-state index contributed by atoms with van der Waals surface area (Å²) in [5, 5.41) is 0.570. The van der Waals surface area contributed by atoms with Crippen molar-refractivity contribution >= 4 is 17.4 Å². The molecule has 118 valence electrons. The molecule has 1 aliphatic rings. The number of piperidine rings is 1. The first kappa shape index (κ1) is 16.5. The quantitative estimate of drug-likeness (QED) is 0.772. The van der Waals surface area contributed by atoms with E-state index in [1.54, 1.807) is 0 Å². The first-order chi connectivity index (χ1) is 10.0. The molecule has 0 N–H and O–H groups in total. The largest absolute Gasteiger partial charge is 0.376 e. The molecule has 2 heterocycles. The summed E-state index contributed by atoms with van der Waals surface area (Å²) >= 11 is 6.29. The SMILES string of the molecule is CCCOC1CCCN(c2nc(C(C)C)nc(Cl)c2C)C1. The summed E-state index contributed by atoms with van der Waals surface area (Å²) in [7, 11) is 0. The zero-order chi connectivity index (χ0) is 15.4. The number of aromatic nitrogens is 2. The second kappa shape index (κ2) is 7.41. The molecule has 0 aromatic carbocycles. The highest BCUT2D eigenvalue weighted by atomic mass is 35.5. The van der Waals surface area contributed by atoms with Gasteiger partial charge >= 0.3 is 0 Å². The van der Waals surface area contributed by atoms with Crippen LogP contribution in [0, 0.1) is 6.92 Å². The second-order valence-electron chi connectivity index (χ2n) is 6.06. The average Bonchev–Trinajstić information content (AvgIpc) is 2.47. The van der Waals surface area contributed by atoms with Gasteiger partial charge in [-0.05, 0) is 26.2 Å². The van der Waals surface area contributed by atoms with Crippen LogP contribution in [-0.4, -0.2) is 35.8 Å². The number of hydrogen-bond acceptors (Lipinski definition) is 4. The van der Waals surface area contributed by atoms with E-state index in [0.717, 1.165) is 56.2 Å². The zero-order valence-corrected chi connectivity index (χ0v) is 14.3. The Morgan fingerprint density at radius 1 is 1.38 bits per heavy atom. The molecule has 1 aliphatic heterocycles. The minimum absolute atomic E-state index is 0.277. The van der Waals surface area contributed by atoms with Crippen LogP contribution in [0.2, 0.25) is 5.15 Å². The summed E-state index contributed by atoms with van der Waals surface area (Å²) in [5.41, 5.74) is 0.970. The number of nitrogens with zero attached hydrogens (tertiary/aromatic N) is 3. The zero-order valence-electron chi connectivity index (χ0n) is 13.5. The lowest BCUT2D eigenvalue weighted by Gasteiger charge is -2.34. The van der Waals surface area contributed by atoms with Crippen molar-refractivity contribution in [2.24, 2.45) is 0 Å². The monoisotopic (exact) mass is 311 g/mol. The molecule has 0 radical (unpaired) electrons.